The van der Waals surface area contributed by atoms with Crippen LogP contribution in [0.5, 0.6) is 5.75 Å². The van der Waals surface area contributed by atoms with Gasteiger partial charge in [0.15, 0.2) is 0 Å². The third-order valence-corrected chi connectivity index (χ3v) is 14.2. The molecule has 0 amide bonds. The van der Waals surface area contributed by atoms with Crippen molar-refractivity contribution in [2.75, 3.05) is 0 Å². The Morgan fingerprint density at radius 1 is 0.424 bits per heavy atom. The zero-order chi connectivity index (χ0) is 37.7. The number of benzene rings is 10. The molecular weight excluding hydrogens is 1270 g/mol. The average Bonchev–Trinajstić information content (AvgIpc) is 3.44. The Hall–Kier alpha value is -8.63. The van der Waals surface area contributed by atoms with Crippen molar-refractivity contribution in [3.8, 4) is 16.9 Å². The molecule has 11 rings (SSSR count). The molecule has 0 aliphatic heterocycles. The minimum Gasteiger partial charge on any atom is -0.390 e. The molecule has 0 aliphatic carbocycles. The molecule has 0 radical (unpaired) electrons. The first kappa shape index (κ1) is 36.0. The van der Waals surface area contributed by atoms with Gasteiger partial charge in [-0.3, -0.25) is 0 Å². The molecule has 3 nitrogen and oxygen atoms in total. The molecule has 0 unspecified atom stereocenters. The summed E-state index contributed by atoms with van der Waals surface area (Å²) in [5.41, 5.74) is 3.59. The van der Waals surface area contributed by atoms with Crippen molar-refractivity contribution in [1.29, 1.82) is 0 Å². The fourth-order valence-electron chi connectivity index (χ4n) is 8.24. The van der Waals surface area contributed by atoms with Gasteiger partial charge in [0.05, 0.1) is 0 Å². The Balaban J connectivity index is 0.00000224. The topological polar surface area (TPSA) is 35.5 Å². The maximum absolute atomic E-state index is 7.18. The normalized spacial score (nSPS) is 11.3. The van der Waals surface area contributed by atoms with E-state index in [1.807, 2.05) is 12.1 Å². The van der Waals surface area contributed by atoms with Gasteiger partial charge in [-0.1, -0.05) is 127 Å². The van der Waals surface area contributed by atoms with Gasteiger partial charge in [0.25, 0.3) is 0 Å². The standard InChI is InChI=1S/C52H32O3P2.2Rf/c1-3-19-39(20-4-1)56(40-21-5-2-6-22-40)48-34-30-38-18-10-14-26-44(38)52(48)51-43-25-13-9-17-37(43)29-33-47(51)55-57-53-45-31-27-35-15-7-11-23-41(35)49(45)50-42-24-12-8-16-36(42)28-32-46(50)54-57;;/h1-3,5,7-34H;;/q-2;;. The molecule has 0 spiro atoms. The molecular formula is C52H32O3P2Rf2-2. The largest absolute Gasteiger partial charge is 0.453 e. The average molecular weight is 1300 g/mol. The van der Waals surface area contributed by atoms with E-state index in [1.54, 1.807) is 0 Å². The van der Waals surface area contributed by atoms with Gasteiger partial charge in [-0.2, -0.15) is 60.7 Å². The predicted octanol–water partition coefficient (Wildman–Crippen LogP) is 13.8. The van der Waals surface area contributed by atoms with E-state index in [4.69, 9.17) is 12.9 Å². The SMILES string of the molecule is [Rf].[Rf].[c-]1cccc(P(c2c[c-]ccc2)c2ccc3ccccc3c2-c2c(Op3oc4ccc5ccccc5c4c4c(ccc5ccccc54)o3)ccc3ccccc23)c1. The molecule has 0 aliphatic rings. The van der Waals surface area contributed by atoms with Crippen LogP contribution >= 0.6 is 16.2 Å². The van der Waals surface area contributed by atoms with Crippen LogP contribution in [0, 0.1) is 12.1 Å². The van der Waals surface area contributed by atoms with Crippen LogP contribution in [0.1, 0.15) is 0 Å². The van der Waals surface area contributed by atoms with Crippen LogP contribution in [-0.2, 0) is 0 Å². The number of rotatable bonds is 6. The first-order valence-corrected chi connectivity index (χ1v) is 21.4. The molecule has 10 aromatic carbocycles. The van der Waals surface area contributed by atoms with E-state index in [9.17, 15) is 0 Å². The minimum atomic E-state index is -1.98. The predicted molar refractivity (Wildman–Crippen MR) is 241 cm³/mol. The second kappa shape index (κ2) is 14.8. The molecule has 59 heavy (non-hydrogen) atoms. The van der Waals surface area contributed by atoms with Crippen molar-refractivity contribution in [3.63, 3.8) is 0 Å². The van der Waals surface area contributed by atoms with Gasteiger partial charge < -0.3 is 12.9 Å². The van der Waals surface area contributed by atoms with E-state index in [-0.39, 0.29) is 0 Å². The summed E-state index contributed by atoms with van der Waals surface area (Å²) in [6.45, 7) is 0. The molecule has 0 saturated carbocycles. The van der Waals surface area contributed by atoms with Gasteiger partial charge in [0.2, 0.25) is 0 Å². The zero-order valence-corrected chi connectivity index (χ0v) is 46.6. The van der Waals surface area contributed by atoms with Gasteiger partial charge in [0, 0.05) is 21.9 Å². The molecule has 0 fully saturated rings. The monoisotopic (exact) mass is 1300 g/mol. The van der Waals surface area contributed by atoms with Crippen molar-refractivity contribution in [2.45, 2.75) is 0 Å². The number of fused-ring (bicyclic) bond motifs is 9. The molecule has 1 heterocycles. The van der Waals surface area contributed by atoms with Crippen molar-refractivity contribution in [3.05, 3.63) is 206 Å². The molecule has 0 saturated heterocycles. The van der Waals surface area contributed by atoms with Crippen molar-refractivity contribution in [2.24, 2.45) is 0 Å². The van der Waals surface area contributed by atoms with Gasteiger partial charge in [-0.05, 0) is 66.6 Å². The second-order valence-corrected chi connectivity index (χ2v) is 17.2. The molecule has 7 heteroatoms. The fraction of sp³-hybridized carbons (Fsp3) is 0. The zero-order valence-electron chi connectivity index (χ0n) is 32.0. The summed E-state index contributed by atoms with van der Waals surface area (Å²) in [7, 11) is -3.02. The summed E-state index contributed by atoms with van der Waals surface area (Å²) in [5.74, 6) is 0.693. The fourth-order valence-corrected chi connectivity index (χ4v) is 11.7. The molecule has 0 atom stereocenters. The van der Waals surface area contributed by atoms with Crippen molar-refractivity contribution >= 4 is 97.1 Å². The summed E-state index contributed by atoms with van der Waals surface area (Å²) >= 11 is 0. The minimum absolute atomic E-state index is 0. The summed E-state index contributed by atoms with van der Waals surface area (Å²) in [6, 6.07) is 74.7. The summed E-state index contributed by atoms with van der Waals surface area (Å²) in [4.78, 5) is 0. The van der Waals surface area contributed by atoms with E-state index in [0.29, 0.717) is 5.75 Å². The molecule has 1 aromatic heterocycles. The molecule has 11 aromatic rings. The Morgan fingerprint density at radius 2 is 0.864 bits per heavy atom. The Morgan fingerprint density at radius 3 is 1.37 bits per heavy atom. The summed E-state index contributed by atoms with van der Waals surface area (Å²) in [5, 5.41) is 14.6. The maximum Gasteiger partial charge on any atom is 0.453 e. The van der Waals surface area contributed by atoms with Gasteiger partial charge >= 0.3 is 8.24 Å². The second-order valence-electron chi connectivity index (χ2n) is 14.0. The van der Waals surface area contributed by atoms with Crippen LogP contribution in [0.3, 0.4) is 0 Å². The third kappa shape index (κ3) is 6.05. The third-order valence-electron chi connectivity index (χ3n) is 10.7. The molecule has 274 valence electrons. The van der Waals surface area contributed by atoms with Crippen LogP contribution in [0.15, 0.2) is 203 Å². The van der Waals surface area contributed by atoms with Crippen LogP contribution < -0.4 is 20.4 Å². The first-order chi connectivity index (χ1) is 28.3. The van der Waals surface area contributed by atoms with E-state index in [1.165, 1.54) is 15.9 Å². The van der Waals surface area contributed by atoms with Crippen molar-refractivity contribution < 1.29 is 12.9 Å². The van der Waals surface area contributed by atoms with E-state index < -0.39 is 16.2 Å². The van der Waals surface area contributed by atoms with Crippen molar-refractivity contribution in [1.82, 2.24) is 0 Å². The Bertz CT molecular complexity index is 3220. The molecule has 0 bridgehead atoms. The van der Waals surface area contributed by atoms with Crippen LogP contribution in [0.2, 0.25) is 0 Å². The Kier molecular flexibility index (Phi) is 9.03. The maximum atomic E-state index is 7.18. The number of hydrogen-bond donors (Lipinski definition) is 0. The quantitative estimate of drug-likeness (QED) is 0.123. The van der Waals surface area contributed by atoms with Gasteiger partial charge in [-0.15, -0.1) is 18.5 Å². The first-order valence-electron chi connectivity index (χ1n) is 18.9. The van der Waals surface area contributed by atoms with E-state index in [0.717, 1.165) is 76.2 Å². The number of hydrogen-bond acceptors (Lipinski definition) is 3. The molecule has 0 N–H and O–H groups in total. The van der Waals surface area contributed by atoms with Crippen LogP contribution in [0.4, 0.5) is 0 Å². The summed E-state index contributed by atoms with van der Waals surface area (Å²) < 4.78 is 21.0. The van der Waals surface area contributed by atoms with E-state index in [2.05, 4.69) is 194 Å². The summed E-state index contributed by atoms with van der Waals surface area (Å²) in [6.07, 6.45) is 0. The Labute approximate surface area is 331 Å². The van der Waals surface area contributed by atoms with Crippen LogP contribution in [0.25, 0.3) is 76.2 Å². The van der Waals surface area contributed by atoms with Crippen LogP contribution in [-0.4, -0.2) is 0 Å². The van der Waals surface area contributed by atoms with E-state index >= 15 is 0 Å². The van der Waals surface area contributed by atoms with Gasteiger partial charge in [0.1, 0.15) is 16.9 Å². The smallest absolute Gasteiger partial charge is 0.390 e. The van der Waals surface area contributed by atoms with Gasteiger partial charge in [-0.25, -0.2) is 0 Å².